The van der Waals surface area contributed by atoms with Crippen LogP contribution in [0.4, 0.5) is 0 Å². The number of piperidine rings is 1. The van der Waals surface area contributed by atoms with Gasteiger partial charge in [-0.05, 0) is 68.2 Å². The maximum atomic E-state index is 12.7. The smallest absolute Gasteiger partial charge is 0.223 e. The average Bonchev–Trinajstić information content (AvgIpc) is 2.54. The van der Waals surface area contributed by atoms with E-state index in [9.17, 15) is 4.79 Å². The molecule has 1 aromatic rings. The first-order valence-electron chi connectivity index (χ1n) is 9.21. The van der Waals surface area contributed by atoms with Crippen molar-refractivity contribution in [3.8, 4) is 0 Å². The zero-order valence-corrected chi connectivity index (χ0v) is 14.7. The highest BCUT2D eigenvalue weighted by Gasteiger charge is 2.28. The lowest BCUT2D eigenvalue weighted by Crippen LogP contribution is -2.43. The molecule has 1 aromatic carbocycles. The predicted octanol–water partition coefficient (Wildman–Crippen LogP) is 3.69. The van der Waals surface area contributed by atoms with E-state index in [4.69, 9.17) is 0 Å². The summed E-state index contributed by atoms with van der Waals surface area (Å²) in [6.07, 6.45) is 5.30. The number of rotatable bonds is 3. The van der Waals surface area contributed by atoms with Crippen LogP contribution >= 0.6 is 0 Å². The number of hydrogen-bond donors (Lipinski definition) is 2. The largest absolute Gasteiger partial charge is 0.349 e. The summed E-state index contributed by atoms with van der Waals surface area (Å²) in [5.74, 6) is 0.958. The van der Waals surface area contributed by atoms with Crippen molar-refractivity contribution in [1.29, 1.82) is 0 Å². The molecule has 0 unspecified atom stereocenters. The van der Waals surface area contributed by atoms with Gasteiger partial charge in [-0.25, -0.2) is 0 Å². The topological polar surface area (TPSA) is 41.1 Å². The van der Waals surface area contributed by atoms with E-state index < -0.39 is 0 Å². The molecule has 1 aliphatic heterocycles. The van der Waals surface area contributed by atoms with Crippen molar-refractivity contribution in [1.82, 2.24) is 10.6 Å². The Balaban J connectivity index is 1.74. The van der Waals surface area contributed by atoms with E-state index in [1.54, 1.807) is 0 Å². The average molecular weight is 314 g/mol. The highest BCUT2D eigenvalue weighted by Crippen LogP contribution is 2.32. The first-order chi connectivity index (χ1) is 11.0. The van der Waals surface area contributed by atoms with Crippen molar-refractivity contribution < 1.29 is 4.79 Å². The summed E-state index contributed by atoms with van der Waals surface area (Å²) in [4.78, 5) is 12.7. The fraction of sp³-hybridized carbons (Fsp3) is 0.650. The molecule has 3 atom stereocenters. The first-order valence-corrected chi connectivity index (χ1v) is 9.21. The molecule has 3 rings (SSSR count). The van der Waals surface area contributed by atoms with Gasteiger partial charge in [0.15, 0.2) is 0 Å². The predicted molar refractivity (Wildman–Crippen MR) is 94.5 cm³/mol. The van der Waals surface area contributed by atoms with Gasteiger partial charge < -0.3 is 10.6 Å². The molecular weight excluding hydrogens is 284 g/mol. The minimum Gasteiger partial charge on any atom is -0.349 e. The molecule has 0 radical (unpaired) electrons. The van der Waals surface area contributed by atoms with Crippen molar-refractivity contribution in [3.63, 3.8) is 0 Å². The van der Waals surface area contributed by atoms with Crippen LogP contribution in [-0.2, 0) is 11.2 Å². The Morgan fingerprint density at radius 3 is 2.87 bits per heavy atom. The Hall–Kier alpha value is -1.35. The maximum absolute atomic E-state index is 12.7. The summed E-state index contributed by atoms with van der Waals surface area (Å²) in [7, 11) is 0. The first kappa shape index (κ1) is 16.5. The number of benzene rings is 1. The van der Waals surface area contributed by atoms with Crippen LogP contribution < -0.4 is 10.6 Å². The van der Waals surface area contributed by atoms with Gasteiger partial charge in [-0.1, -0.05) is 32.0 Å². The van der Waals surface area contributed by atoms with Gasteiger partial charge in [0.1, 0.15) is 0 Å². The zero-order chi connectivity index (χ0) is 16.4. The second-order valence-corrected chi connectivity index (χ2v) is 7.64. The standard InChI is InChI=1S/C20H30N2O/c1-13(2)16-8-7-15-5-4-6-19(18(15)12-16)22-20(23)17-9-10-21-14(3)11-17/h7-8,12-14,17,19,21H,4-6,9-11H2,1-3H3,(H,22,23)/t14-,17-,19+/m0/s1. The lowest BCUT2D eigenvalue weighted by Gasteiger charge is -2.31. The third-order valence-corrected chi connectivity index (χ3v) is 5.46. The highest BCUT2D eigenvalue weighted by atomic mass is 16.1. The molecule has 3 nitrogen and oxygen atoms in total. The van der Waals surface area contributed by atoms with Crippen LogP contribution in [0.15, 0.2) is 18.2 Å². The molecule has 126 valence electrons. The molecule has 0 spiro atoms. The molecule has 1 heterocycles. The molecule has 1 saturated heterocycles. The summed E-state index contributed by atoms with van der Waals surface area (Å²) in [6, 6.07) is 7.51. The fourth-order valence-corrected chi connectivity index (χ4v) is 3.99. The summed E-state index contributed by atoms with van der Waals surface area (Å²) in [6.45, 7) is 7.59. The van der Waals surface area contributed by atoms with Gasteiger partial charge in [0.25, 0.3) is 0 Å². The van der Waals surface area contributed by atoms with Crippen molar-refractivity contribution in [3.05, 3.63) is 34.9 Å². The van der Waals surface area contributed by atoms with Gasteiger partial charge in [-0.15, -0.1) is 0 Å². The Morgan fingerprint density at radius 2 is 2.13 bits per heavy atom. The normalized spacial score (nSPS) is 27.6. The van der Waals surface area contributed by atoms with E-state index in [-0.39, 0.29) is 17.9 Å². The second kappa shape index (κ2) is 7.04. The van der Waals surface area contributed by atoms with E-state index in [1.165, 1.54) is 23.1 Å². The number of fused-ring (bicyclic) bond motifs is 1. The molecular formula is C20H30N2O. The Labute approximate surface area is 140 Å². The van der Waals surface area contributed by atoms with Gasteiger partial charge in [-0.3, -0.25) is 4.79 Å². The van der Waals surface area contributed by atoms with E-state index >= 15 is 0 Å². The third-order valence-electron chi connectivity index (χ3n) is 5.46. The molecule has 0 bridgehead atoms. The van der Waals surface area contributed by atoms with Gasteiger partial charge in [0, 0.05) is 12.0 Å². The maximum Gasteiger partial charge on any atom is 0.223 e. The Kier molecular flexibility index (Phi) is 5.05. The quantitative estimate of drug-likeness (QED) is 0.893. The summed E-state index contributed by atoms with van der Waals surface area (Å²) in [5, 5.41) is 6.79. The van der Waals surface area contributed by atoms with Crippen LogP contribution in [0.25, 0.3) is 0 Å². The zero-order valence-electron chi connectivity index (χ0n) is 14.7. The molecule has 23 heavy (non-hydrogen) atoms. The Morgan fingerprint density at radius 1 is 1.30 bits per heavy atom. The summed E-state index contributed by atoms with van der Waals surface area (Å²) < 4.78 is 0. The number of nitrogens with one attached hydrogen (secondary N) is 2. The third kappa shape index (κ3) is 3.77. The molecule has 1 fully saturated rings. The number of hydrogen-bond acceptors (Lipinski definition) is 2. The van der Waals surface area contributed by atoms with Crippen molar-refractivity contribution >= 4 is 5.91 Å². The van der Waals surface area contributed by atoms with Crippen LogP contribution in [0.2, 0.25) is 0 Å². The molecule has 2 N–H and O–H groups in total. The minimum atomic E-state index is 0.171. The van der Waals surface area contributed by atoms with Crippen molar-refractivity contribution in [2.24, 2.45) is 5.92 Å². The summed E-state index contributed by atoms with van der Waals surface area (Å²) >= 11 is 0. The van der Waals surface area contributed by atoms with Gasteiger partial charge in [-0.2, -0.15) is 0 Å². The lowest BCUT2D eigenvalue weighted by molar-refractivity contribution is -0.127. The molecule has 0 aromatic heterocycles. The van der Waals surface area contributed by atoms with Crippen molar-refractivity contribution in [2.45, 2.75) is 70.9 Å². The van der Waals surface area contributed by atoms with E-state index in [0.717, 1.165) is 32.2 Å². The number of carbonyl (C=O) groups is 1. The molecule has 2 aliphatic rings. The highest BCUT2D eigenvalue weighted by molar-refractivity contribution is 5.79. The van der Waals surface area contributed by atoms with Crippen LogP contribution in [0.1, 0.15) is 75.1 Å². The van der Waals surface area contributed by atoms with Crippen LogP contribution in [-0.4, -0.2) is 18.5 Å². The van der Waals surface area contributed by atoms with Crippen molar-refractivity contribution in [2.75, 3.05) is 6.54 Å². The monoisotopic (exact) mass is 314 g/mol. The molecule has 3 heteroatoms. The number of aryl methyl sites for hydroxylation is 1. The number of carbonyl (C=O) groups excluding carboxylic acids is 1. The lowest BCUT2D eigenvalue weighted by atomic mass is 9.84. The second-order valence-electron chi connectivity index (χ2n) is 7.64. The van der Waals surface area contributed by atoms with E-state index in [0.29, 0.717) is 12.0 Å². The van der Waals surface area contributed by atoms with Gasteiger partial charge in [0.2, 0.25) is 5.91 Å². The SMILES string of the molecule is CC(C)c1ccc2c(c1)[C@H](NC(=O)[C@H]1CCN[C@@H](C)C1)CCC2. The molecule has 0 saturated carbocycles. The number of amides is 1. The van der Waals surface area contributed by atoms with Crippen LogP contribution in [0, 0.1) is 5.92 Å². The van der Waals surface area contributed by atoms with Gasteiger partial charge in [0.05, 0.1) is 6.04 Å². The van der Waals surface area contributed by atoms with Crippen LogP contribution in [0.3, 0.4) is 0 Å². The molecule has 1 aliphatic carbocycles. The molecule has 1 amide bonds. The van der Waals surface area contributed by atoms with E-state index in [2.05, 4.69) is 49.6 Å². The minimum absolute atomic E-state index is 0.171. The fourth-order valence-electron chi connectivity index (χ4n) is 3.99. The Bertz CT molecular complexity index is 567. The van der Waals surface area contributed by atoms with Gasteiger partial charge >= 0.3 is 0 Å². The van der Waals surface area contributed by atoms with E-state index in [1.807, 2.05) is 0 Å². The van der Waals surface area contributed by atoms with Crippen LogP contribution in [0.5, 0.6) is 0 Å². The summed E-state index contributed by atoms with van der Waals surface area (Å²) in [5.41, 5.74) is 4.16.